The zero-order valence-corrected chi connectivity index (χ0v) is 22.2. The Morgan fingerprint density at radius 2 is 1.82 bits per heavy atom. The van der Waals surface area contributed by atoms with Gasteiger partial charge in [-0.3, -0.25) is 0 Å². The molecule has 5 aromatic rings. The number of H-pyrrole nitrogens is 1. The van der Waals surface area contributed by atoms with Crippen molar-refractivity contribution in [1.82, 2.24) is 24.7 Å². The Hall–Kier alpha value is -4.20. The molecule has 0 radical (unpaired) electrons. The molecule has 2 aromatic carbocycles. The van der Waals surface area contributed by atoms with Crippen molar-refractivity contribution < 1.29 is 9.50 Å². The molecule has 0 spiro atoms. The fourth-order valence-corrected chi connectivity index (χ4v) is 6.00. The van der Waals surface area contributed by atoms with E-state index in [1.54, 1.807) is 6.20 Å². The van der Waals surface area contributed by atoms with Gasteiger partial charge in [-0.25, -0.2) is 19.0 Å². The number of rotatable bonds is 6. The number of benzene rings is 2. The fraction of sp³-hybridized carbons (Fsp3) is 0.323. The minimum Gasteiger partial charge on any atom is -0.506 e. The Labute approximate surface area is 226 Å². The van der Waals surface area contributed by atoms with Gasteiger partial charge in [0.25, 0.3) is 0 Å². The minimum atomic E-state index is -0.474. The van der Waals surface area contributed by atoms with Gasteiger partial charge in [0.15, 0.2) is 0 Å². The molecule has 39 heavy (non-hydrogen) atoms. The number of nitrogens with one attached hydrogen (secondary N) is 1. The number of para-hydroxylation sites is 1. The van der Waals surface area contributed by atoms with E-state index in [0.29, 0.717) is 41.3 Å². The number of aromatic nitrogens is 5. The Morgan fingerprint density at radius 1 is 1.08 bits per heavy atom. The van der Waals surface area contributed by atoms with Crippen molar-refractivity contribution in [2.24, 2.45) is 0 Å². The van der Waals surface area contributed by atoms with Crippen molar-refractivity contribution >= 4 is 16.9 Å². The highest BCUT2D eigenvalue weighted by atomic mass is 19.1. The van der Waals surface area contributed by atoms with Crippen LogP contribution >= 0.6 is 0 Å². The summed E-state index contributed by atoms with van der Waals surface area (Å²) in [7, 11) is 0. The molecule has 4 heterocycles. The van der Waals surface area contributed by atoms with Gasteiger partial charge >= 0.3 is 0 Å². The van der Waals surface area contributed by atoms with Crippen LogP contribution in [0.4, 0.5) is 10.3 Å². The van der Waals surface area contributed by atoms with Gasteiger partial charge in [-0.1, -0.05) is 32.0 Å². The number of aromatic hydroxyl groups is 1. The van der Waals surface area contributed by atoms with Crippen molar-refractivity contribution in [3.8, 4) is 22.7 Å². The second-order valence-corrected chi connectivity index (χ2v) is 10.6. The number of nitrogens with zero attached hydrogens (tertiary/aromatic N) is 5. The number of phenols is 1. The summed E-state index contributed by atoms with van der Waals surface area (Å²) in [6.45, 7) is 5.53. The van der Waals surface area contributed by atoms with Gasteiger partial charge in [0.2, 0.25) is 5.95 Å². The van der Waals surface area contributed by atoms with Gasteiger partial charge in [-0.05, 0) is 54.4 Å². The molecule has 0 atom stereocenters. The third-order valence-electron chi connectivity index (χ3n) is 8.21. The number of hydrogen-bond acceptors (Lipinski definition) is 5. The lowest BCUT2D eigenvalue weighted by atomic mass is 9.96. The Kier molecular flexibility index (Phi) is 5.65. The quantitative estimate of drug-likeness (QED) is 0.277. The fourth-order valence-electron chi connectivity index (χ4n) is 6.00. The molecule has 1 saturated carbocycles. The monoisotopic (exact) mass is 522 g/mol. The third kappa shape index (κ3) is 3.88. The van der Waals surface area contributed by atoms with Crippen LogP contribution in [0.25, 0.3) is 27.8 Å². The van der Waals surface area contributed by atoms with Crippen LogP contribution < -0.4 is 4.90 Å². The summed E-state index contributed by atoms with van der Waals surface area (Å²) < 4.78 is 17.9. The van der Waals surface area contributed by atoms with Crippen molar-refractivity contribution in [3.63, 3.8) is 0 Å². The van der Waals surface area contributed by atoms with Crippen LogP contribution in [0.5, 0.6) is 5.75 Å². The van der Waals surface area contributed by atoms with E-state index in [2.05, 4.69) is 41.9 Å². The van der Waals surface area contributed by atoms with Crippen LogP contribution in [-0.2, 0) is 25.8 Å². The van der Waals surface area contributed by atoms with Gasteiger partial charge in [0.05, 0.1) is 22.6 Å². The molecule has 2 N–H and O–H groups in total. The smallest absolute Gasteiger partial charge is 0.225 e. The largest absolute Gasteiger partial charge is 0.506 e. The Morgan fingerprint density at radius 3 is 2.51 bits per heavy atom. The van der Waals surface area contributed by atoms with Crippen molar-refractivity contribution in [3.05, 3.63) is 82.7 Å². The average molecular weight is 523 g/mol. The summed E-state index contributed by atoms with van der Waals surface area (Å²) in [5, 5.41) is 16.3. The topological polar surface area (TPSA) is 82.9 Å². The maximum atomic E-state index is 15.9. The zero-order chi connectivity index (χ0) is 26.7. The maximum Gasteiger partial charge on any atom is 0.225 e. The predicted octanol–water partition coefficient (Wildman–Crippen LogP) is 6.22. The normalized spacial score (nSPS) is 15.2. The SMILES string of the molecule is CCc1cccc(CC)c1-n1nc2c(c1-c1c(F)cc(O)c3[nH]ccc13)CN(c1ncc(C3CC3)cn1)CC2. The van der Waals surface area contributed by atoms with E-state index in [-0.39, 0.29) is 5.75 Å². The lowest BCUT2D eigenvalue weighted by Crippen LogP contribution is -2.31. The summed E-state index contributed by atoms with van der Waals surface area (Å²) in [4.78, 5) is 14.6. The molecule has 0 unspecified atom stereocenters. The van der Waals surface area contributed by atoms with E-state index < -0.39 is 5.82 Å². The molecule has 7 nitrogen and oxygen atoms in total. The summed E-state index contributed by atoms with van der Waals surface area (Å²) in [6, 6.07) is 9.36. The number of aryl methyl sites for hydroxylation is 2. The molecular formula is C31H31FN6O. The molecule has 7 rings (SSSR count). The molecular weight excluding hydrogens is 491 g/mol. The van der Waals surface area contributed by atoms with E-state index in [4.69, 9.17) is 15.1 Å². The van der Waals surface area contributed by atoms with Gasteiger partial charge in [-0.15, -0.1) is 0 Å². The van der Waals surface area contributed by atoms with E-state index in [0.717, 1.165) is 53.2 Å². The molecule has 1 aliphatic heterocycles. The average Bonchev–Trinajstić information content (AvgIpc) is 3.58. The Balaban J connectivity index is 1.45. The van der Waals surface area contributed by atoms with Crippen LogP contribution in [0.15, 0.2) is 48.9 Å². The highest BCUT2D eigenvalue weighted by Gasteiger charge is 2.32. The Bertz CT molecular complexity index is 1680. The van der Waals surface area contributed by atoms with Gasteiger partial charge in [0.1, 0.15) is 11.6 Å². The summed E-state index contributed by atoms with van der Waals surface area (Å²) in [6.07, 6.45) is 10.4. The third-order valence-corrected chi connectivity index (χ3v) is 8.21. The van der Waals surface area contributed by atoms with Gasteiger partial charge in [0, 0.05) is 60.7 Å². The lowest BCUT2D eigenvalue weighted by Gasteiger charge is -2.27. The molecule has 0 amide bonds. The lowest BCUT2D eigenvalue weighted by molar-refractivity contribution is 0.475. The van der Waals surface area contributed by atoms with Crippen molar-refractivity contribution in [2.75, 3.05) is 11.4 Å². The molecule has 3 aromatic heterocycles. The molecule has 1 fully saturated rings. The molecule has 1 aliphatic carbocycles. The van der Waals surface area contributed by atoms with E-state index in [9.17, 15) is 5.11 Å². The second kappa shape index (κ2) is 9.22. The standard InChI is InChI=1S/C31H31FN6O/c1-3-18-6-5-7-19(4-2)29(18)38-30(27-22-10-12-33-28(22)26(39)14-24(27)32)23-17-37(13-11-25(23)36-38)31-34-15-21(16-35-31)20-8-9-20/h5-7,10,12,14-16,20,33,39H,3-4,8-9,11,13,17H2,1-2H3. The van der Waals surface area contributed by atoms with Crippen LogP contribution in [-0.4, -0.2) is 36.4 Å². The van der Waals surface area contributed by atoms with Crippen molar-refractivity contribution in [1.29, 1.82) is 0 Å². The molecule has 8 heteroatoms. The number of phenolic OH excluding ortho intramolecular Hbond substituents is 1. The number of aromatic amines is 1. The first-order valence-electron chi connectivity index (χ1n) is 13.8. The highest BCUT2D eigenvalue weighted by molar-refractivity contribution is 5.99. The minimum absolute atomic E-state index is 0.106. The molecule has 2 aliphatic rings. The summed E-state index contributed by atoms with van der Waals surface area (Å²) >= 11 is 0. The van der Waals surface area contributed by atoms with Crippen LogP contribution in [0, 0.1) is 5.82 Å². The maximum absolute atomic E-state index is 15.9. The van der Waals surface area contributed by atoms with Crippen LogP contribution in [0.1, 0.15) is 60.6 Å². The van der Waals surface area contributed by atoms with Gasteiger partial charge < -0.3 is 15.0 Å². The van der Waals surface area contributed by atoms with Crippen LogP contribution in [0.2, 0.25) is 0 Å². The number of anilines is 1. The number of halogens is 1. The first-order chi connectivity index (χ1) is 19.1. The molecule has 198 valence electrons. The van der Waals surface area contributed by atoms with Crippen molar-refractivity contribution in [2.45, 2.75) is 58.4 Å². The first-order valence-corrected chi connectivity index (χ1v) is 13.8. The van der Waals surface area contributed by atoms with E-state index in [1.165, 1.54) is 24.5 Å². The predicted molar refractivity (Wildman–Crippen MR) is 150 cm³/mol. The highest BCUT2D eigenvalue weighted by Crippen LogP contribution is 2.42. The summed E-state index contributed by atoms with van der Waals surface area (Å²) in [5.41, 5.74) is 8.15. The number of fused-ring (bicyclic) bond motifs is 2. The number of hydrogen-bond donors (Lipinski definition) is 2. The second-order valence-electron chi connectivity index (χ2n) is 10.6. The van der Waals surface area contributed by atoms with Gasteiger partial charge in [-0.2, -0.15) is 5.10 Å². The molecule has 0 bridgehead atoms. The van der Waals surface area contributed by atoms with E-state index in [1.807, 2.05) is 23.1 Å². The zero-order valence-electron chi connectivity index (χ0n) is 22.2. The first kappa shape index (κ1) is 23.9. The molecule has 0 saturated heterocycles. The van der Waals surface area contributed by atoms with Crippen LogP contribution in [0.3, 0.4) is 0 Å². The van der Waals surface area contributed by atoms with E-state index >= 15 is 4.39 Å². The summed E-state index contributed by atoms with van der Waals surface area (Å²) in [5.74, 6) is 0.706.